The number of rotatable bonds is 6. The molecule has 31 heavy (non-hydrogen) atoms. The Bertz CT molecular complexity index is 1330. The smallest absolute Gasteiger partial charge is 0.263 e. The first-order chi connectivity index (χ1) is 15.0. The number of primary amides is 1. The van der Waals surface area contributed by atoms with Crippen molar-refractivity contribution >= 4 is 27.5 Å². The van der Waals surface area contributed by atoms with Gasteiger partial charge in [0.25, 0.3) is 5.56 Å². The first kappa shape index (κ1) is 20.8. The van der Waals surface area contributed by atoms with Gasteiger partial charge < -0.3 is 10.5 Å². The van der Waals surface area contributed by atoms with Crippen LogP contribution >= 0.6 is 11.3 Å². The highest BCUT2D eigenvalue weighted by molar-refractivity contribution is 7.17. The molecular formula is C24H23N3O3S. The highest BCUT2D eigenvalue weighted by atomic mass is 32.1. The molecule has 1 unspecified atom stereocenters. The van der Waals surface area contributed by atoms with Crippen LogP contribution in [0.15, 0.2) is 58.7 Å². The lowest BCUT2D eigenvalue weighted by Crippen LogP contribution is -2.35. The number of thiophene rings is 1. The summed E-state index contributed by atoms with van der Waals surface area (Å²) in [5.41, 5.74) is 8.76. The van der Waals surface area contributed by atoms with Gasteiger partial charge in [0.1, 0.15) is 22.4 Å². The predicted octanol–water partition coefficient (Wildman–Crippen LogP) is 4.55. The SMILES string of the molecule is CCC(C(N)=O)n1c(-c2ccccc2)nc2scc(-c3cc(C)ccc3OC)c2c1=O. The molecule has 0 bridgehead atoms. The van der Waals surface area contributed by atoms with Crippen molar-refractivity contribution in [3.05, 3.63) is 69.8 Å². The van der Waals surface area contributed by atoms with Crippen LogP contribution in [0.3, 0.4) is 0 Å². The van der Waals surface area contributed by atoms with Gasteiger partial charge in [-0.2, -0.15) is 0 Å². The Morgan fingerprint density at radius 3 is 2.58 bits per heavy atom. The maximum atomic E-state index is 13.8. The molecule has 0 aliphatic heterocycles. The molecule has 0 fully saturated rings. The zero-order valence-corrected chi connectivity index (χ0v) is 18.4. The Morgan fingerprint density at radius 1 is 1.19 bits per heavy atom. The van der Waals surface area contributed by atoms with Crippen LogP contribution in [0.1, 0.15) is 24.9 Å². The highest BCUT2D eigenvalue weighted by Crippen LogP contribution is 2.38. The van der Waals surface area contributed by atoms with Crippen molar-refractivity contribution < 1.29 is 9.53 Å². The number of aryl methyl sites for hydroxylation is 1. The van der Waals surface area contributed by atoms with Crippen LogP contribution in [0.5, 0.6) is 5.75 Å². The summed E-state index contributed by atoms with van der Waals surface area (Å²) in [6, 6.07) is 14.4. The summed E-state index contributed by atoms with van der Waals surface area (Å²) < 4.78 is 6.99. The minimum Gasteiger partial charge on any atom is -0.496 e. The van der Waals surface area contributed by atoms with Crippen molar-refractivity contribution in [1.29, 1.82) is 0 Å². The number of aromatic nitrogens is 2. The van der Waals surface area contributed by atoms with E-state index < -0.39 is 11.9 Å². The maximum absolute atomic E-state index is 13.8. The van der Waals surface area contributed by atoms with E-state index in [2.05, 4.69) is 0 Å². The van der Waals surface area contributed by atoms with E-state index in [0.29, 0.717) is 28.2 Å². The summed E-state index contributed by atoms with van der Waals surface area (Å²) >= 11 is 1.40. The van der Waals surface area contributed by atoms with Crippen LogP contribution in [0.25, 0.3) is 32.7 Å². The second kappa shape index (κ2) is 8.35. The third kappa shape index (κ3) is 3.61. The molecule has 0 radical (unpaired) electrons. The van der Waals surface area contributed by atoms with Gasteiger partial charge in [0.2, 0.25) is 5.91 Å². The summed E-state index contributed by atoms with van der Waals surface area (Å²) in [5.74, 6) is 0.548. The van der Waals surface area contributed by atoms with Gasteiger partial charge in [-0.05, 0) is 25.5 Å². The molecule has 0 saturated carbocycles. The minimum absolute atomic E-state index is 0.283. The quantitative estimate of drug-likeness (QED) is 0.483. The van der Waals surface area contributed by atoms with E-state index in [4.69, 9.17) is 15.5 Å². The monoisotopic (exact) mass is 433 g/mol. The molecule has 4 rings (SSSR count). The molecule has 0 spiro atoms. The van der Waals surface area contributed by atoms with Gasteiger partial charge in [-0.3, -0.25) is 14.2 Å². The number of ether oxygens (including phenoxy) is 1. The third-order valence-corrected chi connectivity index (χ3v) is 6.22. The maximum Gasteiger partial charge on any atom is 0.263 e. The molecule has 0 aliphatic rings. The van der Waals surface area contributed by atoms with Crippen molar-refractivity contribution in [2.75, 3.05) is 7.11 Å². The molecule has 2 N–H and O–H groups in total. The topological polar surface area (TPSA) is 87.2 Å². The number of amides is 1. The lowest BCUT2D eigenvalue weighted by Gasteiger charge is -2.19. The van der Waals surface area contributed by atoms with E-state index in [-0.39, 0.29) is 5.56 Å². The van der Waals surface area contributed by atoms with Gasteiger partial charge in [-0.25, -0.2) is 4.98 Å². The van der Waals surface area contributed by atoms with Crippen LogP contribution in [0.2, 0.25) is 0 Å². The summed E-state index contributed by atoms with van der Waals surface area (Å²) in [4.78, 5) is 31.5. The second-order valence-electron chi connectivity index (χ2n) is 7.34. The van der Waals surface area contributed by atoms with Gasteiger partial charge in [0.15, 0.2) is 0 Å². The molecule has 1 amide bonds. The average molecular weight is 434 g/mol. The molecule has 4 aromatic rings. The van der Waals surface area contributed by atoms with Crippen molar-refractivity contribution in [2.24, 2.45) is 5.73 Å². The van der Waals surface area contributed by atoms with Crippen molar-refractivity contribution in [2.45, 2.75) is 26.3 Å². The number of nitrogens with two attached hydrogens (primary N) is 1. The predicted molar refractivity (Wildman–Crippen MR) is 125 cm³/mol. The number of fused-ring (bicyclic) bond motifs is 1. The Hall–Kier alpha value is -3.45. The highest BCUT2D eigenvalue weighted by Gasteiger charge is 2.26. The molecule has 2 heterocycles. The van der Waals surface area contributed by atoms with E-state index in [1.165, 1.54) is 15.9 Å². The Balaban J connectivity index is 2.09. The van der Waals surface area contributed by atoms with E-state index >= 15 is 0 Å². The van der Waals surface area contributed by atoms with Crippen molar-refractivity contribution in [1.82, 2.24) is 9.55 Å². The Kier molecular flexibility index (Phi) is 5.61. The molecule has 158 valence electrons. The number of carbonyl (C=O) groups excluding carboxylic acids is 1. The first-order valence-electron chi connectivity index (χ1n) is 9.99. The molecule has 7 heteroatoms. The number of nitrogens with zero attached hydrogens (tertiary/aromatic N) is 2. The standard InChI is InChI=1S/C24H23N3O3S/c1-4-18(21(25)28)27-22(15-8-6-5-7-9-15)26-23-20(24(27)29)17(13-31-23)16-12-14(2)10-11-19(16)30-3/h5-13,18H,4H2,1-3H3,(H2,25,28). The van der Waals surface area contributed by atoms with E-state index in [9.17, 15) is 9.59 Å². The zero-order chi connectivity index (χ0) is 22.1. The Labute approximate surface area is 183 Å². The fourth-order valence-electron chi connectivity index (χ4n) is 3.82. The lowest BCUT2D eigenvalue weighted by molar-refractivity contribution is -0.121. The first-order valence-corrected chi connectivity index (χ1v) is 10.9. The molecule has 0 aliphatic carbocycles. The molecule has 6 nitrogen and oxygen atoms in total. The van der Waals surface area contributed by atoms with Crippen molar-refractivity contribution in [3.8, 4) is 28.3 Å². The van der Waals surface area contributed by atoms with E-state index in [1.54, 1.807) is 7.11 Å². The minimum atomic E-state index is -0.799. The van der Waals surface area contributed by atoms with Gasteiger partial charge in [0.05, 0.1) is 12.5 Å². The number of hydrogen-bond acceptors (Lipinski definition) is 5. The number of carbonyl (C=O) groups is 1. The summed E-state index contributed by atoms with van der Waals surface area (Å²) in [5, 5.41) is 2.38. The molecule has 0 saturated heterocycles. The van der Waals surface area contributed by atoms with Crippen LogP contribution in [-0.4, -0.2) is 22.6 Å². The molecule has 1 atom stereocenters. The number of hydrogen-bond donors (Lipinski definition) is 1. The van der Waals surface area contributed by atoms with Crippen LogP contribution in [-0.2, 0) is 4.79 Å². The Morgan fingerprint density at radius 2 is 1.94 bits per heavy atom. The van der Waals surface area contributed by atoms with Gasteiger partial charge in [-0.15, -0.1) is 11.3 Å². The van der Waals surface area contributed by atoms with Crippen LogP contribution < -0.4 is 16.0 Å². The van der Waals surface area contributed by atoms with Gasteiger partial charge in [0, 0.05) is 22.1 Å². The average Bonchev–Trinajstić information content (AvgIpc) is 3.20. The lowest BCUT2D eigenvalue weighted by atomic mass is 10.0. The fraction of sp³-hybridized carbons (Fsp3) is 0.208. The van der Waals surface area contributed by atoms with Crippen molar-refractivity contribution in [3.63, 3.8) is 0 Å². The molecule has 2 aromatic heterocycles. The third-order valence-electron chi connectivity index (χ3n) is 5.34. The van der Waals surface area contributed by atoms with Crippen LogP contribution in [0, 0.1) is 6.92 Å². The molecular weight excluding hydrogens is 410 g/mol. The summed E-state index contributed by atoms with van der Waals surface area (Å²) in [7, 11) is 1.60. The van der Waals surface area contributed by atoms with Crippen LogP contribution in [0.4, 0.5) is 0 Å². The van der Waals surface area contributed by atoms with Gasteiger partial charge in [-0.1, -0.05) is 48.9 Å². The fourth-order valence-corrected chi connectivity index (χ4v) is 4.75. The summed E-state index contributed by atoms with van der Waals surface area (Å²) in [6.07, 6.45) is 0.384. The normalized spacial score (nSPS) is 12.1. The zero-order valence-electron chi connectivity index (χ0n) is 17.6. The number of methoxy groups -OCH3 is 1. The number of benzene rings is 2. The van der Waals surface area contributed by atoms with Gasteiger partial charge >= 0.3 is 0 Å². The summed E-state index contributed by atoms with van der Waals surface area (Å²) in [6.45, 7) is 3.82. The molecule has 2 aromatic carbocycles. The van der Waals surface area contributed by atoms with E-state index in [1.807, 2.05) is 67.8 Å². The largest absolute Gasteiger partial charge is 0.496 e. The van der Waals surface area contributed by atoms with E-state index in [0.717, 1.165) is 22.3 Å². The second-order valence-corrected chi connectivity index (χ2v) is 8.19.